The monoisotopic (exact) mass is 322 g/mol. The molecule has 1 N–H and O–H groups in total. The number of halogens is 1. The third-order valence-electron chi connectivity index (χ3n) is 3.85. The Morgan fingerprint density at radius 1 is 1.43 bits per heavy atom. The first kappa shape index (κ1) is 14.8. The van der Waals surface area contributed by atoms with E-state index in [0.29, 0.717) is 0 Å². The van der Waals surface area contributed by atoms with Crippen molar-refractivity contribution in [1.82, 2.24) is 10.3 Å². The topological polar surface area (TPSA) is 34.1 Å². The molecule has 0 bridgehead atoms. The number of likely N-dealkylation sites (N-methyl/N-ethyl adjacent to an activating group) is 1. The summed E-state index contributed by atoms with van der Waals surface area (Å²) in [4.78, 5) is 5.83. The average Bonchev–Trinajstić information content (AvgIpc) is 3.02. The summed E-state index contributed by atoms with van der Waals surface area (Å²) in [5.74, 6) is 1.03. The molecule has 2 heterocycles. The maximum Gasteiger partial charge on any atom is 0.125 e. The van der Waals surface area contributed by atoms with E-state index < -0.39 is 0 Å². The van der Waals surface area contributed by atoms with E-state index >= 15 is 0 Å². The minimum Gasteiger partial charge on any atom is -0.493 e. The molecule has 5 heteroatoms. The smallest absolute Gasteiger partial charge is 0.125 e. The number of ether oxygens (including phenoxy) is 1. The van der Waals surface area contributed by atoms with Gasteiger partial charge >= 0.3 is 0 Å². The van der Waals surface area contributed by atoms with Crippen LogP contribution in [0.25, 0.3) is 0 Å². The highest BCUT2D eigenvalue weighted by Crippen LogP contribution is 2.36. The molecule has 21 heavy (non-hydrogen) atoms. The van der Waals surface area contributed by atoms with Crippen LogP contribution in [0.15, 0.2) is 12.1 Å². The fourth-order valence-electron chi connectivity index (χ4n) is 2.91. The number of rotatable bonds is 4. The number of benzene rings is 1. The van der Waals surface area contributed by atoms with Crippen molar-refractivity contribution in [3.63, 3.8) is 0 Å². The zero-order valence-corrected chi connectivity index (χ0v) is 14.1. The van der Waals surface area contributed by atoms with E-state index in [9.17, 15) is 0 Å². The molecule has 3 rings (SSSR count). The Morgan fingerprint density at radius 3 is 2.90 bits per heavy atom. The molecule has 0 fully saturated rings. The van der Waals surface area contributed by atoms with E-state index in [1.54, 1.807) is 11.3 Å². The number of hydrogen-bond donors (Lipinski definition) is 1. The number of nitrogens with zero attached hydrogens (tertiary/aromatic N) is 1. The molecule has 1 atom stereocenters. The number of thiazole rings is 1. The average molecular weight is 323 g/mol. The van der Waals surface area contributed by atoms with Crippen LogP contribution < -0.4 is 10.1 Å². The maximum absolute atomic E-state index is 6.25. The van der Waals surface area contributed by atoms with Gasteiger partial charge in [-0.15, -0.1) is 11.3 Å². The van der Waals surface area contributed by atoms with Gasteiger partial charge in [-0.1, -0.05) is 11.6 Å². The number of aromatic nitrogens is 1. The molecule has 1 aliphatic heterocycles. The van der Waals surface area contributed by atoms with Crippen LogP contribution in [0.4, 0.5) is 0 Å². The van der Waals surface area contributed by atoms with Crippen LogP contribution in [0.3, 0.4) is 0 Å². The summed E-state index contributed by atoms with van der Waals surface area (Å²) >= 11 is 8.01. The van der Waals surface area contributed by atoms with E-state index in [1.165, 1.54) is 16.0 Å². The molecule has 0 radical (unpaired) electrons. The molecule has 1 aromatic carbocycles. The van der Waals surface area contributed by atoms with Crippen LogP contribution in [0.5, 0.6) is 5.75 Å². The Bertz CT molecular complexity index is 669. The highest BCUT2D eigenvalue weighted by molar-refractivity contribution is 7.11. The van der Waals surface area contributed by atoms with Gasteiger partial charge in [0.05, 0.1) is 17.3 Å². The van der Waals surface area contributed by atoms with E-state index in [4.69, 9.17) is 16.3 Å². The number of fused-ring (bicyclic) bond motifs is 1. The molecule has 0 saturated carbocycles. The first-order valence-electron chi connectivity index (χ1n) is 7.13. The van der Waals surface area contributed by atoms with Crippen molar-refractivity contribution >= 4 is 22.9 Å². The second-order valence-corrected chi connectivity index (χ2v) is 7.05. The Hall–Kier alpha value is -1.10. The zero-order chi connectivity index (χ0) is 15.0. The lowest BCUT2D eigenvalue weighted by Gasteiger charge is -2.17. The van der Waals surface area contributed by atoms with Crippen molar-refractivity contribution in [2.45, 2.75) is 32.7 Å². The molecule has 0 spiro atoms. The Balaban J connectivity index is 1.93. The van der Waals surface area contributed by atoms with Crippen LogP contribution in [-0.2, 0) is 12.8 Å². The predicted octanol–water partition coefficient (Wildman–Crippen LogP) is 3.85. The van der Waals surface area contributed by atoms with E-state index in [2.05, 4.69) is 17.2 Å². The summed E-state index contributed by atoms with van der Waals surface area (Å²) < 4.78 is 5.80. The lowest BCUT2D eigenvalue weighted by Crippen LogP contribution is -2.19. The number of hydrogen-bond acceptors (Lipinski definition) is 4. The fraction of sp³-hybridized carbons (Fsp3) is 0.438. The summed E-state index contributed by atoms with van der Waals surface area (Å²) in [7, 11) is 1.99. The molecule has 3 nitrogen and oxygen atoms in total. The summed E-state index contributed by atoms with van der Waals surface area (Å²) in [5, 5.41) is 5.30. The van der Waals surface area contributed by atoms with Gasteiger partial charge in [0, 0.05) is 22.4 Å². The first-order valence-corrected chi connectivity index (χ1v) is 8.33. The highest BCUT2D eigenvalue weighted by Gasteiger charge is 2.22. The highest BCUT2D eigenvalue weighted by atomic mass is 35.5. The van der Waals surface area contributed by atoms with Crippen molar-refractivity contribution in [2.24, 2.45) is 0 Å². The van der Waals surface area contributed by atoms with Gasteiger partial charge in [0.1, 0.15) is 5.75 Å². The van der Waals surface area contributed by atoms with E-state index in [0.717, 1.165) is 40.9 Å². The lowest BCUT2D eigenvalue weighted by molar-refractivity contribution is 0.352. The first-order chi connectivity index (χ1) is 10.1. The number of aryl methyl sites for hydroxylation is 2. The van der Waals surface area contributed by atoms with Crippen molar-refractivity contribution in [3.8, 4) is 5.75 Å². The molecular formula is C16H19ClN2OS. The summed E-state index contributed by atoms with van der Waals surface area (Å²) in [6.07, 6.45) is 1.81. The fourth-order valence-corrected chi connectivity index (χ4v) is 4.21. The van der Waals surface area contributed by atoms with E-state index in [-0.39, 0.29) is 6.04 Å². The normalized spacial score (nSPS) is 14.9. The molecule has 0 amide bonds. The molecule has 0 saturated heterocycles. The second-order valence-electron chi connectivity index (χ2n) is 5.38. The van der Waals surface area contributed by atoms with Gasteiger partial charge in [0.15, 0.2) is 0 Å². The number of nitrogens with one attached hydrogen (secondary N) is 1. The second kappa shape index (κ2) is 5.95. The Labute approximate surface area is 134 Å². The molecular weight excluding hydrogens is 304 g/mol. The Morgan fingerprint density at radius 2 is 2.24 bits per heavy atom. The molecule has 1 aliphatic rings. The molecule has 1 aromatic heterocycles. The molecule has 2 aromatic rings. The van der Waals surface area contributed by atoms with Gasteiger partial charge in [-0.05, 0) is 50.6 Å². The quantitative estimate of drug-likeness (QED) is 0.928. The lowest BCUT2D eigenvalue weighted by atomic mass is 10.00. The molecule has 112 valence electrons. The van der Waals surface area contributed by atoms with Crippen LogP contribution in [-0.4, -0.2) is 18.6 Å². The zero-order valence-electron chi connectivity index (χ0n) is 12.5. The van der Waals surface area contributed by atoms with Crippen molar-refractivity contribution in [1.29, 1.82) is 0 Å². The summed E-state index contributed by atoms with van der Waals surface area (Å²) in [5.41, 5.74) is 3.51. The van der Waals surface area contributed by atoms with Gasteiger partial charge in [-0.3, -0.25) is 0 Å². The van der Waals surface area contributed by atoms with Crippen LogP contribution in [0.1, 0.15) is 32.7 Å². The SMILES string of the molecule is CNC(Cc1cc(Cl)cc2c1OCC2)c1sc(C)nc1C. The van der Waals surface area contributed by atoms with Crippen molar-refractivity contribution in [2.75, 3.05) is 13.7 Å². The van der Waals surface area contributed by atoms with Gasteiger partial charge in [0.25, 0.3) is 0 Å². The van der Waals surface area contributed by atoms with Crippen molar-refractivity contribution in [3.05, 3.63) is 43.9 Å². The van der Waals surface area contributed by atoms with Gasteiger partial charge in [-0.25, -0.2) is 4.98 Å². The van der Waals surface area contributed by atoms with Gasteiger partial charge in [0.2, 0.25) is 0 Å². The van der Waals surface area contributed by atoms with Crippen molar-refractivity contribution < 1.29 is 4.74 Å². The third kappa shape index (κ3) is 2.93. The van der Waals surface area contributed by atoms with Gasteiger partial charge in [-0.2, -0.15) is 0 Å². The van der Waals surface area contributed by atoms with Crippen LogP contribution >= 0.6 is 22.9 Å². The molecule has 0 aliphatic carbocycles. The summed E-state index contributed by atoms with van der Waals surface area (Å²) in [6, 6.07) is 4.28. The predicted molar refractivity (Wildman–Crippen MR) is 87.7 cm³/mol. The largest absolute Gasteiger partial charge is 0.493 e. The van der Waals surface area contributed by atoms with E-state index in [1.807, 2.05) is 26.1 Å². The Kier molecular flexibility index (Phi) is 4.20. The van der Waals surface area contributed by atoms with Crippen LogP contribution in [0.2, 0.25) is 5.02 Å². The molecule has 1 unspecified atom stereocenters. The maximum atomic E-state index is 6.25. The third-order valence-corrected chi connectivity index (χ3v) is 5.26. The van der Waals surface area contributed by atoms with Gasteiger partial charge < -0.3 is 10.1 Å². The minimum atomic E-state index is 0.239. The standard InChI is InChI=1S/C16H19ClN2OS/c1-9-16(21-10(2)19-9)14(18-3)8-12-7-13(17)6-11-4-5-20-15(11)12/h6-7,14,18H,4-5,8H2,1-3H3. The van der Waals surface area contributed by atoms with Crippen LogP contribution in [0, 0.1) is 13.8 Å². The minimum absolute atomic E-state index is 0.239. The summed E-state index contributed by atoms with van der Waals surface area (Å²) in [6.45, 7) is 4.88.